The molecule has 1 aliphatic rings. The van der Waals surface area contributed by atoms with Crippen molar-refractivity contribution < 1.29 is 14.3 Å². The number of aryl methyl sites for hydroxylation is 2. The molecule has 1 fully saturated rings. The fraction of sp³-hybridized carbons (Fsp3) is 0.533. The average Bonchev–Trinajstić information content (AvgIpc) is 3.26. The smallest absolute Gasteiger partial charge is 0.269 e. The molecular formula is C15H19N5O3S2. The van der Waals surface area contributed by atoms with Gasteiger partial charge in [0.15, 0.2) is 5.13 Å². The lowest BCUT2D eigenvalue weighted by Gasteiger charge is -2.21. The third-order valence-electron chi connectivity index (χ3n) is 3.76. The Morgan fingerprint density at radius 3 is 2.72 bits per heavy atom. The van der Waals surface area contributed by atoms with Crippen molar-refractivity contribution >= 4 is 44.8 Å². The van der Waals surface area contributed by atoms with Gasteiger partial charge in [0.25, 0.3) is 5.91 Å². The molecule has 0 aromatic carbocycles. The van der Waals surface area contributed by atoms with Crippen LogP contribution in [-0.4, -0.2) is 46.3 Å². The van der Waals surface area contributed by atoms with Gasteiger partial charge in [-0.2, -0.15) is 0 Å². The van der Waals surface area contributed by atoms with E-state index in [1.54, 1.807) is 11.8 Å². The Balaban J connectivity index is 1.77. The monoisotopic (exact) mass is 381 g/mol. The molecule has 2 aromatic heterocycles. The van der Waals surface area contributed by atoms with Crippen molar-refractivity contribution in [3.8, 4) is 0 Å². The third-order valence-corrected chi connectivity index (χ3v) is 5.69. The lowest BCUT2D eigenvalue weighted by atomic mass is 10.2. The zero-order valence-electron chi connectivity index (χ0n) is 14.2. The van der Waals surface area contributed by atoms with Gasteiger partial charge in [0.05, 0.1) is 18.3 Å². The van der Waals surface area contributed by atoms with E-state index in [2.05, 4.69) is 20.5 Å². The molecule has 0 aliphatic carbocycles. The van der Waals surface area contributed by atoms with Gasteiger partial charge < -0.3 is 4.74 Å². The number of rotatable bonds is 5. The van der Waals surface area contributed by atoms with Crippen LogP contribution in [-0.2, 0) is 9.53 Å². The molecule has 0 saturated carbocycles. The summed E-state index contributed by atoms with van der Waals surface area (Å²) in [5.74, 6) is -0.408. The van der Waals surface area contributed by atoms with E-state index in [9.17, 15) is 9.59 Å². The quantitative estimate of drug-likeness (QED) is 0.854. The molecule has 1 saturated heterocycles. The van der Waals surface area contributed by atoms with E-state index in [0.717, 1.165) is 24.5 Å². The zero-order valence-corrected chi connectivity index (χ0v) is 15.9. The Morgan fingerprint density at radius 2 is 2.12 bits per heavy atom. The third kappa shape index (κ3) is 4.20. The van der Waals surface area contributed by atoms with Gasteiger partial charge >= 0.3 is 0 Å². The Labute approximate surface area is 153 Å². The molecule has 1 aliphatic heterocycles. The molecule has 2 amide bonds. The number of anilines is 2. The number of hydrogen-bond donors (Lipinski definition) is 1. The second-order valence-electron chi connectivity index (χ2n) is 5.76. The normalized spacial score (nSPS) is 16.8. The standard InChI is InChI=1S/C15H19N5O3S2/c1-8-12(13(22)17-14-19-18-9(2)24-14)25-15(16-8)20(10(3)21)7-11-5-4-6-23-11/h11H,4-7H2,1-3H3,(H,17,19,22)/t11-/m0/s1. The van der Waals surface area contributed by atoms with Crippen LogP contribution in [0, 0.1) is 13.8 Å². The van der Waals surface area contributed by atoms with E-state index < -0.39 is 0 Å². The molecular weight excluding hydrogens is 362 g/mol. The molecule has 0 spiro atoms. The van der Waals surface area contributed by atoms with Crippen LogP contribution in [0.15, 0.2) is 0 Å². The first-order valence-electron chi connectivity index (χ1n) is 7.92. The molecule has 2 aromatic rings. The van der Waals surface area contributed by atoms with Gasteiger partial charge in [-0.15, -0.1) is 10.2 Å². The Hall–Kier alpha value is -1.91. The molecule has 8 nitrogen and oxygen atoms in total. The van der Waals surface area contributed by atoms with E-state index in [0.29, 0.717) is 27.4 Å². The van der Waals surface area contributed by atoms with Gasteiger partial charge in [-0.3, -0.25) is 19.8 Å². The zero-order chi connectivity index (χ0) is 18.0. The number of nitrogens with zero attached hydrogens (tertiary/aromatic N) is 4. The van der Waals surface area contributed by atoms with Crippen LogP contribution in [0.1, 0.15) is 40.1 Å². The lowest BCUT2D eigenvalue weighted by Crippen LogP contribution is -2.35. The molecule has 25 heavy (non-hydrogen) atoms. The molecule has 1 N–H and O–H groups in total. The summed E-state index contributed by atoms with van der Waals surface area (Å²) in [4.78, 5) is 31.0. The highest BCUT2D eigenvalue weighted by atomic mass is 32.1. The van der Waals surface area contributed by atoms with Crippen molar-refractivity contribution in [1.82, 2.24) is 15.2 Å². The van der Waals surface area contributed by atoms with Crippen molar-refractivity contribution in [2.24, 2.45) is 0 Å². The number of amides is 2. The van der Waals surface area contributed by atoms with Crippen molar-refractivity contribution in [2.75, 3.05) is 23.4 Å². The van der Waals surface area contributed by atoms with Crippen LogP contribution in [0.4, 0.5) is 10.3 Å². The van der Waals surface area contributed by atoms with Crippen LogP contribution in [0.2, 0.25) is 0 Å². The molecule has 10 heteroatoms. The summed E-state index contributed by atoms with van der Waals surface area (Å²) in [5.41, 5.74) is 0.581. The second-order valence-corrected chi connectivity index (χ2v) is 7.92. The summed E-state index contributed by atoms with van der Waals surface area (Å²) >= 11 is 2.50. The first-order valence-corrected chi connectivity index (χ1v) is 9.56. The number of thiazole rings is 1. The second kappa shape index (κ2) is 7.54. The number of aromatic nitrogens is 3. The summed E-state index contributed by atoms with van der Waals surface area (Å²) in [5, 5.41) is 12.2. The van der Waals surface area contributed by atoms with Crippen LogP contribution in [0.5, 0.6) is 0 Å². The van der Waals surface area contributed by atoms with Crippen LogP contribution < -0.4 is 10.2 Å². The number of hydrogen-bond acceptors (Lipinski definition) is 8. The minimum absolute atomic E-state index is 0.0229. The van der Waals surface area contributed by atoms with Gasteiger partial charge in [-0.05, 0) is 26.7 Å². The minimum Gasteiger partial charge on any atom is -0.376 e. The Morgan fingerprint density at radius 1 is 1.32 bits per heavy atom. The largest absolute Gasteiger partial charge is 0.376 e. The predicted octanol–water partition coefficient (Wildman–Crippen LogP) is 2.40. The van der Waals surface area contributed by atoms with Gasteiger partial charge in [0, 0.05) is 13.5 Å². The number of nitrogens with one attached hydrogen (secondary N) is 1. The highest BCUT2D eigenvalue weighted by Gasteiger charge is 2.26. The number of carbonyl (C=O) groups is 2. The SMILES string of the molecule is CC(=O)N(C[C@@H]1CCCO1)c1nc(C)c(C(=O)Nc2nnc(C)s2)s1. The average molecular weight is 381 g/mol. The molecule has 1 atom stereocenters. The van der Waals surface area contributed by atoms with Crippen LogP contribution in [0.3, 0.4) is 0 Å². The van der Waals surface area contributed by atoms with Crippen molar-refractivity contribution in [3.63, 3.8) is 0 Å². The summed E-state index contributed by atoms with van der Waals surface area (Å²) in [6.45, 7) is 6.25. The Kier molecular flexibility index (Phi) is 5.40. The van der Waals surface area contributed by atoms with E-state index in [4.69, 9.17) is 4.74 Å². The predicted molar refractivity (Wildman–Crippen MR) is 96.5 cm³/mol. The molecule has 0 bridgehead atoms. The maximum Gasteiger partial charge on any atom is 0.269 e. The summed E-state index contributed by atoms with van der Waals surface area (Å²) in [7, 11) is 0. The Bertz CT molecular complexity index is 782. The topological polar surface area (TPSA) is 97.3 Å². The fourth-order valence-electron chi connectivity index (χ4n) is 2.54. The minimum atomic E-state index is -0.294. The maximum atomic E-state index is 12.5. The van der Waals surface area contributed by atoms with E-state index in [-0.39, 0.29) is 17.9 Å². The van der Waals surface area contributed by atoms with Crippen molar-refractivity contribution in [1.29, 1.82) is 0 Å². The molecule has 134 valence electrons. The first-order chi connectivity index (χ1) is 11.9. The summed E-state index contributed by atoms with van der Waals surface area (Å²) in [6.07, 6.45) is 1.95. The van der Waals surface area contributed by atoms with Crippen LogP contribution >= 0.6 is 22.7 Å². The lowest BCUT2D eigenvalue weighted by molar-refractivity contribution is -0.116. The molecule has 0 radical (unpaired) electrons. The molecule has 3 heterocycles. The van der Waals surface area contributed by atoms with Gasteiger partial charge in [0.2, 0.25) is 11.0 Å². The van der Waals surface area contributed by atoms with Crippen LogP contribution in [0.25, 0.3) is 0 Å². The van der Waals surface area contributed by atoms with Crippen molar-refractivity contribution in [2.45, 2.75) is 39.7 Å². The van der Waals surface area contributed by atoms with Gasteiger partial charge in [-0.1, -0.05) is 22.7 Å². The maximum absolute atomic E-state index is 12.5. The van der Waals surface area contributed by atoms with Crippen molar-refractivity contribution in [3.05, 3.63) is 15.6 Å². The van der Waals surface area contributed by atoms with E-state index >= 15 is 0 Å². The summed E-state index contributed by atoms with van der Waals surface area (Å²) < 4.78 is 5.61. The van der Waals surface area contributed by atoms with E-state index in [1.807, 2.05) is 6.92 Å². The highest BCUT2D eigenvalue weighted by Crippen LogP contribution is 2.28. The van der Waals surface area contributed by atoms with E-state index in [1.165, 1.54) is 29.6 Å². The molecule has 0 unspecified atom stereocenters. The van der Waals surface area contributed by atoms with Gasteiger partial charge in [0.1, 0.15) is 9.88 Å². The van der Waals surface area contributed by atoms with Gasteiger partial charge in [-0.25, -0.2) is 4.98 Å². The number of carbonyl (C=O) groups excluding carboxylic acids is 2. The molecule has 3 rings (SSSR count). The highest BCUT2D eigenvalue weighted by molar-refractivity contribution is 7.18. The fourth-order valence-corrected chi connectivity index (χ4v) is 4.14. The summed E-state index contributed by atoms with van der Waals surface area (Å²) in [6, 6.07) is 0. The number of ether oxygens (including phenoxy) is 1. The first kappa shape index (κ1) is 17.9.